The third kappa shape index (κ3) is 4.98. The number of nitriles is 1. The molecule has 0 aliphatic carbocycles. The van der Waals surface area contributed by atoms with Crippen LogP contribution in [0.5, 0.6) is 5.75 Å². The largest absolute Gasteiger partial charge is 0.497 e. The van der Waals surface area contributed by atoms with Gasteiger partial charge in [-0.15, -0.1) is 11.8 Å². The number of pyridine rings is 1. The Labute approximate surface area is 188 Å². The van der Waals surface area contributed by atoms with Crippen LogP contribution in [0.1, 0.15) is 36.1 Å². The zero-order chi connectivity index (χ0) is 21.8. The van der Waals surface area contributed by atoms with Crippen molar-refractivity contribution >= 4 is 17.6 Å². The Kier molecular flexibility index (Phi) is 6.71. The van der Waals surface area contributed by atoms with Gasteiger partial charge in [-0.25, -0.2) is 4.98 Å². The Morgan fingerprint density at radius 2 is 2.06 bits per heavy atom. The maximum atomic E-state index is 10.0. The van der Waals surface area contributed by atoms with Crippen molar-refractivity contribution in [2.75, 3.05) is 44.1 Å². The van der Waals surface area contributed by atoms with Crippen molar-refractivity contribution in [2.24, 2.45) is 0 Å². The van der Waals surface area contributed by atoms with Crippen LogP contribution in [0.2, 0.25) is 0 Å². The van der Waals surface area contributed by atoms with E-state index in [-0.39, 0.29) is 5.60 Å². The van der Waals surface area contributed by atoms with Crippen molar-refractivity contribution in [3.63, 3.8) is 0 Å². The average Bonchev–Trinajstić information content (AvgIpc) is 2.78. The number of thioether (sulfide) groups is 1. The van der Waals surface area contributed by atoms with E-state index in [2.05, 4.69) is 36.9 Å². The number of aryl methyl sites for hydroxylation is 1. The molecule has 1 fully saturated rings. The van der Waals surface area contributed by atoms with E-state index in [4.69, 9.17) is 19.2 Å². The van der Waals surface area contributed by atoms with Crippen molar-refractivity contribution in [1.29, 1.82) is 5.26 Å². The lowest BCUT2D eigenvalue weighted by Crippen LogP contribution is -2.39. The molecule has 0 unspecified atom stereocenters. The summed E-state index contributed by atoms with van der Waals surface area (Å²) in [6.07, 6.45) is 1.60. The third-order valence-corrected chi connectivity index (χ3v) is 6.73. The summed E-state index contributed by atoms with van der Waals surface area (Å²) >= 11 is 1.66. The Balaban J connectivity index is 1.63. The number of rotatable bonds is 6. The van der Waals surface area contributed by atoms with Crippen LogP contribution in [0.25, 0.3) is 0 Å². The first-order valence-corrected chi connectivity index (χ1v) is 11.7. The summed E-state index contributed by atoms with van der Waals surface area (Å²) < 4.78 is 17.0. The molecule has 2 aliphatic rings. The first-order chi connectivity index (χ1) is 15.0. The van der Waals surface area contributed by atoms with Crippen molar-refractivity contribution < 1.29 is 14.2 Å². The molecule has 31 heavy (non-hydrogen) atoms. The summed E-state index contributed by atoms with van der Waals surface area (Å²) in [6.45, 7) is 7.67. The quantitative estimate of drug-likeness (QED) is 0.631. The maximum absolute atomic E-state index is 10.0. The summed E-state index contributed by atoms with van der Waals surface area (Å²) in [5, 5.41) is 10.9. The molecule has 164 valence electrons. The first kappa shape index (κ1) is 21.9. The van der Waals surface area contributed by atoms with Crippen molar-refractivity contribution in [1.82, 2.24) is 4.98 Å². The number of morpholine rings is 1. The standard InChI is InChI=1S/C24H29N3O3S/c1-24(2)14-19-20(15-25)23(31-12-7-17-5-4-6-18(13-17)28-3)26-22(21(19)16-30-24)27-8-10-29-11-9-27/h4-6,13H,7-12,14,16H2,1-3H3. The van der Waals surface area contributed by atoms with Crippen LogP contribution in [-0.2, 0) is 28.9 Å². The molecule has 6 nitrogen and oxygen atoms in total. The SMILES string of the molecule is COc1cccc(CCSc2nc(N3CCOCC3)c3c(c2C#N)CC(C)(C)OC3)c1. The van der Waals surface area contributed by atoms with Crippen molar-refractivity contribution in [2.45, 2.75) is 43.9 Å². The fourth-order valence-corrected chi connectivity index (χ4v) is 5.07. The zero-order valence-corrected chi connectivity index (χ0v) is 19.3. The second-order valence-corrected chi connectivity index (χ2v) is 9.54. The molecule has 0 atom stereocenters. The molecule has 0 radical (unpaired) electrons. The Morgan fingerprint density at radius 1 is 1.26 bits per heavy atom. The van der Waals surface area contributed by atoms with Gasteiger partial charge < -0.3 is 19.1 Å². The predicted octanol–water partition coefficient (Wildman–Crippen LogP) is 3.98. The highest BCUT2D eigenvalue weighted by atomic mass is 32.2. The highest BCUT2D eigenvalue weighted by Crippen LogP contribution is 2.38. The Hall–Kier alpha value is -2.27. The summed E-state index contributed by atoms with van der Waals surface area (Å²) in [7, 11) is 1.68. The zero-order valence-electron chi connectivity index (χ0n) is 18.4. The topological polar surface area (TPSA) is 67.6 Å². The summed E-state index contributed by atoms with van der Waals surface area (Å²) in [5.41, 5.74) is 3.80. The minimum Gasteiger partial charge on any atom is -0.497 e. The van der Waals surface area contributed by atoms with Gasteiger partial charge in [-0.05, 0) is 43.5 Å². The Morgan fingerprint density at radius 3 is 2.81 bits per heavy atom. The minimum atomic E-state index is -0.287. The fourth-order valence-electron chi connectivity index (χ4n) is 4.08. The van der Waals surface area contributed by atoms with E-state index in [0.717, 1.165) is 53.0 Å². The van der Waals surface area contributed by atoms with Crippen molar-refractivity contribution in [3.05, 3.63) is 46.5 Å². The highest BCUT2D eigenvalue weighted by molar-refractivity contribution is 7.99. The maximum Gasteiger partial charge on any atom is 0.135 e. The van der Waals surface area contributed by atoms with Gasteiger partial charge in [0.15, 0.2) is 0 Å². The molecule has 2 aromatic rings. The summed E-state index contributed by atoms with van der Waals surface area (Å²) in [5.74, 6) is 2.66. The molecule has 2 aliphatic heterocycles. The molecule has 1 saturated heterocycles. The van der Waals surface area contributed by atoms with E-state index >= 15 is 0 Å². The monoisotopic (exact) mass is 439 g/mol. The van der Waals surface area contributed by atoms with Crippen LogP contribution >= 0.6 is 11.8 Å². The lowest BCUT2D eigenvalue weighted by molar-refractivity contribution is -0.0402. The van der Waals surface area contributed by atoms with Gasteiger partial charge in [0.25, 0.3) is 0 Å². The molecule has 0 spiro atoms. The molecule has 0 saturated carbocycles. The predicted molar refractivity (Wildman–Crippen MR) is 122 cm³/mol. The van der Waals surface area contributed by atoms with E-state index in [1.165, 1.54) is 5.56 Å². The number of nitrogens with zero attached hydrogens (tertiary/aromatic N) is 3. The molecule has 4 rings (SSSR count). The normalized spacial score (nSPS) is 17.7. The van der Waals surface area contributed by atoms with Gasteiger partial charge in [-0.2, -0.15) is 5.26 Å². The van der Waals surface area contributed by atoms with E-state index < -0.39 is 0 Å². The van der Waals surface area contributed by atoms with E-state index in [0.29, 0.717) is 31.8 Å². The van der Waals surface area contributed by atoms with Crippen LogP contribution in [-0.4, -0.2) is 49.8 Å². The van der Waals surface area contributed by atoms with Crippen LogP contribution in [0.3, 0.4) is 0 Å². The van der Waals surface area contributed by atoms with Gasteiger partial charge in [0.05, 0.1) is 38.1 Å². The van der Waals surface area contributed by atoms with Gasteiger partial charge >= 0.3 is 0 Å². The molecule has 1 aromatic carbocycles. The molecule has 7 heteroatoms. The molecule has 0 N–H and O–H groups in total. The number of methoxy groups -OCH3 is 1. The second-order valence-electron chi connectivity index (χ2n) is 8.46. The van der Waals surface area contributed by atoms with Crippen LogP contribution in [0.15, 0.2) is 29.3 Å². The number of anilines is 1. The van der Waals surface area contributed by atoms with Gasteiger partial charge in [0.2, 0.25) is 0 Å². The van der Waals surface area contributed by atoms with Crippen LogP contribution in [0, 0.1) is 11.3 Å². The number of ether oxygens (including phenoxy) is 3. The van der Waals surface area contributed by atoms with Gasteiger partial charge in [-0.1, -0.05) is 12.1 Å². The molecular weight excluding hydrogens is 410 g/mol. The lowest BCUT2D eigenvalue weighted by atomic mass is 9.89. The van der Waals surface area contributed by atoms with E-state index in [9.17, 15) is 5.26 Å². The fraction of sp³-hybridized carbons (Fsp3) is 0.500. The van der Waals surface area contributed by atoms with E-state index in [1.807, 2.05) is 12.1 Å². The number of hydrogen-bond donors (Lipinski definition) is 0. The molecule has 0 amide bonds. The number of benzene rings is 1. The average molecular weight is 440 g/mol. The van der Waals surface area contributed by atoms with Crippen LogP contribution in [0.4, 0.5) is 5.82 Å². The Bertz CT molecular complexity index is 981. The molecule has 3 heterocycles. The number of aromatic nitrogens is 1. The first-order valence-electron chi connectivity index (χ1n) is 10.7. The van der Waals surface area contributed by atoms with Gasteiger partial charge in [0, 0.05) is 30.8 Å². The lowest BCUT2D eigenvalue weighted by Gasteiger charge is -2.36. The van der Waals surface area contributed by atoms with Crippen LogP contribution < -0.4 is 9.64 Å². The molecular formula is C24H29N3O3S. The van der Waals surface area contributed by atoms with E-state index in [1.54, 1.807) is 18.9 Å². The number of fused-ring (bicyclic) bond motifs is 1. The number of hydrogen-bond acceptors (Lipinski definition) is 7. The summed E-state index contributed by atoms with van der Waals surface area (Å²) in [4.78, 5) is 7.27. The summed E-state index contributed by atoms with van der Waals surface area (Å²) in [6, 6.07) is 10.6. The highest BCUT2D eigenvalue weighted by Gasteiger charge is 2.33. The van der Waals surface area contributed by atoms with Crippen molar-refractivity contribution in [3.8, 4) is 11.8 Å². The second kappa shape index (κ2) is 9.47. The van der Waals surface area contributed by atoms with Gasteiger partial charge in [0.1, 0.15) is 22.7 Å². The molecule has 1 aromatic heterocycles. The smallest absolute Gasteiger partial charge is 0.135 e. The van der Waals surface area contributed by atoms with Gasteiger partial charge in [-0.3, -0.25) is 0 Å². The minimum absolute atomic E-state index is 0.287. The third-order valence-electron chi connectivity index (χ3n) is 5.75. The molecule has 0 bridgehead atoms.